The topological polar surface area (TPSA) is 98.1 Å². The molecule has 1 heterocycles. The second-order valence-electron chi connectivity index (χ2n) is 5.29. The van der Waals surface area contributed by atoms with E-state index >= 15 is 0 Å². The van der Waals surface area contributed by atoms with Gasteiger partial charge in [-0.1, -0.05) is 23.4 Å². The van der Waals surface area contributed by atoms with E-state index in [0.29, 0.717) is 29.2 Å². The van der Waals surface area contributed by atoms with E-state index in [2.05, 4.69) is 20.8 Å². The summed E-state index contributed by atoms with van der Waals surface area (Å²) in [4.78, 5) is 23.4. The van der Waals surface area contributed by atoms with Crippen molar-refractivity contribution in [3.63, 3.8) is 0 Å². The molecule has 0 spiro atoms. The maximum atomic E-state index is 12.1. The third-order valence-corrected chi connectivity index (χ3v) is 4.79. The molecule has 1 aromatic heterocycles. The highest BCUT2D eigenvalue weighted by Gasteiger charge is 2.21. The zero-order valence-corrected chi connectivity index (χ0v) is 16.2. The molecule has 8 nitrogen and oxygen atoms in total. The lowest BCUT2D eigenvalue weighted by Gasteiger charge is -2.13. The summed E-state index contributed by atoms with van der Waals surface area (Å²) in [5.41, 5.74) is 0.854. The quantitative estimate of drug-likeness (QED) is 0.695. The van der Waals surface area contributed by atoms with E-state index in [1.807, 2.05) is 16.7 Å². The summed E-state index contributed by atoms with van der Waals surface area (Å²) in [7, 11) is 3.05. The Hall–Kier alpha value is -2.10. The predicted molar refractivity (Wildman–Crippen MR) is 100 cm³/mol. The van der Waals surface area contributed by atoms with Crippen LogP contribution >= 0.6 is 23.4 Å². The number of carbonyl (C=O) groups excluding carboxylic acids is 2. The van der Waals surface area contributed by atoms with E-state index in [1.165, 1.54) is 18.8 Å². The summed E-state index contributed by atoms with van der Waals surface area (Å²) in [6.45, 7) is 2.68. The minimum atomic E-state index is -0.551. The van der Waals surface area contributed by atoms with Gasteiger partial charge in [-0.3, -0.25) is 14.7 Å². The molecule has 3 amide bonds. The number of benzene rings is 1. The number of nitrogens with zero attached hydrogens (tertiary/aromatic N) is 3. The average Bonchev–Trinajstić information content (AvgIpc) is 3.02. The minimum Gasteiger partial charge on any atom is -0.383 e. The Balaban J connectivity index is 2.23. The van der Waals surface area contributed by atoms with Crippen LogP contribution in [-0.4, -0.2) is 52.7 Å². The van der Waals surface area contributed by atoms with Gasteiger partial charge in [0.05, 0.1) is 18.4 Å². The third kappa shape index (κ3) is 5.20. The summed E-state index contributed by atoms with van der Waals surface area (Å²) < 4.78 is 7.04. The number of hydrogen-bond acceptors (Lipinski definition) is 6. The zero-order chi connectivity index (χ0) is 19.1. The number of rotatable bonds is 7. The standard InChI is InChI=1S/C16H20ClN5O3S/c1-10(14(23)19-15(24)18-2)26-16-21-20-13(22(16)8-9-25-3)11-4-6-12(17)7-5-11/h4-7,10H,8-9H2,1-3H3,(H2,18,19,23,24)/t10-/m1/s1. The molecule has 1 aromatic carbocycles. The number of hydrogen-bond donors (Lipinski definition) is 2. The smallest absolute Gasteiger partial charge is 0.321 e. The van der Waals surface area contributed by atoms with Gasteiger partial charge in [0, 0.05) is 24.7 Å². The number of urea groups is 1. The molecule has 0 aliphatic heterocycles. The van der Waals surface area contributed by atoms with Crippen molar-refractivity contribution >= 4 is 35.3 Å². The van der Waals surface area contributed by atoms with Gasteiger partial charge in [-0.15, -0.1) is 10.2 Å². The SMILES string of the molecule is CNC(=O)NC(=O)[C@@H](C)Sc1nnc(-c2ccc(Cl)cc2)n1CCOC. The van der Waals surface area contributed by atoms with Gasteiger partial charge >= 0.3 is 6.03 Å². The molecule has 2 aromatic rings. The van der Waals surface area contributed by atoms with Gasteiger partial charge in [0.2, 0.25) is 5.91 Å². The predicted octanol–water partition coefficient (Wildman–Crippen LogP) is 2.18. The Bertz CT molecular complexity index is 766. The first kappa shape index (κ1) is 20.2. The molecular formula is C16H20ClN5O3S. The maximum absolute atomic E-state index is 12.1. The van der Waals surface area contributed by atoms with E-state index in [0.717, 1.165) is 5.56 Å². The summed E-state index contributed by atoms with van der Waals surface area (Å²) in [6.07, 6.45) is 0. The van der Waals surface area contributed by atoms with Crippen molar-refractivity contribution in [1.82, 2.24) is 25.4 Å². The fraction of sp³-hybridized carbons (Fsp3) is 0.375. The number of ether oxygens (including phenoxy) is 1. The van der Waals surface area contributed by atoms with Crippen LogP contribution in [0.15, 0.2) is 29.4 Å². The van der Waals surface area contributed by atoms with Crippen LogP contribution in [0.3, 0.4) is 0 Å². The van der Waals surface area contributed by atoms with Crippen molar-refractivity contribution in [3.05, 3.63) is 29.3 Å². The van der Waals surface area contributed by atoms with Crippen molar-refractivity contribution in [1.29, 1.82) is 0 Å². The van der Waals surface area contributed by atoms with Crippen molar-refractivity contribution < 1.29 is 14.3 Å². The lowest BCUT2D eigenvalue weighted by atomic mass is 10.2. The molecule has 1 atom stereocenters. The van der Waals surface area contributed by atoms with Crippen LogP contribution in [0.4, 0.5) is 4.79 Å². The van der Waals surface area contributed by atoms with Gasteiger partial charge in [0.1, 0.15) is 0 Å². The highest BCUT2D eigenvalue weighted by atomic mass is 35.5. The average molecular weight is 398 g/mol. The fourth-order valence-electron chi connectivity index (χ4n) is 2.06. The molecule has 0 bridgehead atoms. The van der Waals surface area contributed by atoms with Crippen molar-refractivity contribution in [2.75, 3.05) is 20.8 Å². The third-order valence-electron chi connectivity index (χ3n) is 3.45. The number of carbonyl (C=O) groups is 2. The molecule has 0 saturated carbocycles. The first-order valence-electron chi connectivity index (χ1n) is 7.83. The second kappa shape index (κ2) is 9.56. The molecule has 0 aliphatic carbocycles. The molecule has 0 unspecified atom stereocenters. The number of amides is 3. The molecule has 140 valence electrons. The monoisotopic (exact) mass is 397 g/mol. The van der Waals surface area contributed by atoms with E-state index in [4.69, 9.17) is 16.3 Å². The van der Waals surface area contributed by atoms with Crippen LogP contribution in [0.1, 0.15) is 6.92 Å². The summed E-state index contributed by atoms with van der Waals surface area (Å²) in [5.74, 6) is 0.240. The Morgan fingerprint density at radius 3 is 2.62 bits per heavy atom. The van der Waals surface area contributed by atoms with Gasteiger partial charge in [-0.2, -0.15) is 0 Å². The molecule has 2 N–H and O–H groups in total. The van der Waals surface area contributed by atoms with Crippen molar-refractivity contribution in [2.45, 2.75) is 23.9 Å². The lowest BCUT2D eigenvalue weighted by molar-refractivity contribution is -0.119. The number of methoxy groups -OCH3 is 1. The van der Waals surface area contributed by atoms with Crippen molar-refractivity contribution in [2.24, 2.45) is 0 Å². The first-order valence-corrected chi connectivity index (χ1v) is 9.09. The zero-order valence-electron chi connectivity index (χ0n) is 14.7. The number of aromatic nitrogens is 3. The van der Waals surface area contributed by atoms with Crippen LogP contribution < -0.4 is 10.6 Å². The molecule has 2 rings (SSSR count). The van der Waals surface area contributed by atoms with Gasteiger partial charge in [0.15, 0.2) is 11.0 Å². The van der Waals surface area contributed by atoms with Gasteiger partial charge < -0.3 is 10.1 Å². The Labute approximate surface area is 160 Å². The van der Waals surface area contributed by atoms with Crippen LogP contribution in [0.2, 0.25) is 5.02 Å². The molecule has 0 aliphatic rings. The Morgan fingerprint density at radius 2 is 2.00 bits per heavy atom. The largest absolute Gasteiger partial charge is 0.383 e. The van der Waals surface area contributed by atoms with Crippen LogP contribution in [0.25, 0.3) is 11.4 Å². The summed E-state index contributed by atoms with van der Waals surface area (Å²) in [6, 6.07) is 6.71. The van der Waals surface area contributed by atoms with Gasteiger partial charge in [-0.25, -0.2) is 4.79 Å². The highest BCUT2D eigenvalue weighted by Crippen LogP contribution is 2.27. The molecule has 26 heavy (non-hydrogen) atoms. The molecular weight excluding hydrogens is 378 g/mol. The maximum Gasteiger partial charge on any atom is 0.321 e. The molecule has 10 heteroatoms. The minimum absolute atomic E-state index is 0.413. The van der Waals surface area contributed by atoms with E-state index in [1.54, 1.807) is 26.2 Å². The Morgan fingerprint density at radius 1 is 1.31 bits per heavy atom. The molecule has 0 saturated heterocycles. The number of halogens is 1. The number of imide groups is 1. The van der Waals surface area contributed by atoms with E-state index in [-0.39, 0.29) is 0 Å². The lowest BCUT2D eigenvalue weighted by Crippen LogP contribution is -2.41. The molecule has 0 fully saturated rings. The van der Waals surface area contributed by atoms with E-state index in [9.17, 15) is 9.59 Å². The number of nitrogens with one attached hydrogen (secondary N) is 2. The second-order valence-corrected chi connectivity index (χ2v) is 7.03. The van der Waals surface area contributed by atoms with E-state index < -0.39 is 17.2 Å². The van der Waals surface area contributed by atoms with Crippen molar-refractivity contribution in [3.8, 4) is 11.4 Å². The van der Waals surface area contributed by atoms with Crippen LogP contribution in [0, 0.1) is 0 Å². The summed E-state index contributed by atoms with van der Waals surface area (Å²) >= 11 is 7.16. The summed E-state index contributed by atoms with van der Waals surface area (Å²) in [5, 5.41) is 13.7. The Kier molecular flexibility index (Phi) is 7.43. The highest BCUT2D eigenvalue weighted by molar-refractivity contribution is 8.00. The number of thioether (sulfide) groups is 1. The normalized spacial score (nSPS) is 11.8. The van der Waals surface area contributed by atoms with Gasteiger partial charge in [0.25, 0.3) is 0 Å². The van der Waals surface area contributed by atoms with Gasteiger partial charge in [-0.05, 0) is 31.2 Å². The van der Waals surface area contributed by atoms with Crippen LogP contribution in [-0.2, 0) is 16.1 Å². The molecule has 0 radical (unpaired) electrons. The first-order chi connectivity index (χ1) is 12.5. The van der Waals surface area contributed by atoms with Crippen LogP contribution in [0.5, 0.6) is 0 Å². The fourth-order valence-corrected chi connectivity index (χ4v) is 3.06.